The van der Waals surface area contributed by atoms with Crippen LogP contribution in [0.1, 0.15) is 30.8 Å². The van der Waals surface area contributed by atoms with Gasteiger partial charge in [-0.1, -0.05) is 6.92 Å². The quantitative estimate of drug-likeness (QED) is 0.693. The number of carboxylic acids is 1. The van der Waals surface area contributed by atoms with Gasteiger partial charge < -0.3 is 14.6 Å². The molecule has 0 saturated carbocycles. The van der Waals surface area contributed by atoms with Gasteiger partial charge in [0.1, 0.15) is 0 Å². The van der Waals surface area contributed by atoms with Crippen LogP contribution in [0.5, 0.6) is 0 Å². The summed E-state index contributed by atoms with van der Waals surface area (Å²) in [5.41, 5.74) is -1.17. The summed E-state index contributed by atoms with van der Waals surface area (Å²) in [6, 6.07) is 2.10. The van der Waals surface area contributed by atoms with Crippen LogP contribution in [0.2, 0.25) is 0 Å². The second kappa shape index (κ2) is 5.09. The molecule has 0 amide bonds. The molecule has 0 bridgehead atoms. The molecule has 18 heavy (non-hydrogen) atoms. The van der Waals surface area contributed by atoms with E-state index in [1.54, 1.807) is 6.92 Å². The molecule has 0 spiro atoms. The fourth-order valence-electron chi connectivity index (χ4n) is 1.03. The average molecular weight is 277 g/mol. The molecule has 0 radical (unpaired) electrons. The number of aromatic carboxylic acids is 1. The topological polar surface area (TPSA) is 117 Å². The minimum absolute atomic E-state index is 0.186. The van der Waals surface area contributed by atoms with Gasteiger partial charge in [0.25, 0.3) is 10.0 Å². The van der Waals surface area contributed by atoms with Crippen molar-refractivity contribution in [3.63, 3.8) is 0 Å². The molecular formula is C10H15NO6S. The van der Waals surface area contributed by atoms with Gasteiger partial charge >= 0.3 is 5.97 Å². The van der Waals surface area contributed by atoms with Gasteiger partial charge in [0, 0.05) is 6.54 Å². The Balaban J connectivity index is 2.83. The Bertz CT molecular complexity index is 530. The molecule has 0 aliphatic rings. The van der Waals surface area contributed by atoms with Gasteiger partial charge in [-0.3, -0.25) is 0 Å². The fourth-order valence-corrected chi connectivity index (χ4v) is 2.12. The van der Waals surface area contributed by atoms with Crippen molar-refractivity contribution in [1.29, 1.82) is 0 Å². The Morgan fingerprint density at radius 3 is 2.56 bits per heavy atom. The van der Waals surface area contributed by atoms with Crippen LogP contribution in [-0.2, 0) is 10.0 Å². The minimum atomic E-state index is -3.96. The van der Waals surface area contributed by atoms with Crippen LogP contribution in [0.3, 0.4) is 0 Å². The number of nitrogens with one attached hydrogen (secondary N) is 1. The van der Waals surface area contributed by atoms with Gasteiger partial charge in [-0.15, -0.1) is 0 Å². The number of furan rings is 1. The predicted octanol–water partition coefficient (Wildman–Crippen LogP) is 0.417. The molecule has 102 valence electrons. The number of aliphatic hydroxyl groups is 1. The SMILES string of the molecule is CCC(C)(O)CNS(=O)(=O)c1ccc(C(=O)O)o1. The maximum Gasteiger partial charge on any atom is 0.371 e. The highest BCUT2D eigenvalue weighted by molar-refractivity contribution is 7.89. The van der Waals surface area contributed by atoms with E-state index in [0.29, 0.717) is 6.42 Å². The van der Waals surface area contributed by atoms with Crippen molar-refractivity contribution in [2.75, 3.05) is 6.54 Å². The van der Waals surface area contributed by atoms with Crippen LogP contribution < -0.4 is 4.72 Å². The lowest BCUT2D eigenvalue weighted by Crippen LogP contribution is -2.39. The van der Waals surface area contributed by atoms with E-state index in [4.69, 9.17) is 5.11 Å². The highest BCUT2D eigenvalue weighted by atomic mass is 32.2. The van der Waals surface area contributed by atoms with Crippen molar-refractivity contribution in [2.45, 2.75) is 31.0 Å². The molecule has 0 aliphatic carbocycles. The van der Waals surface area contributed by atoms with Crippen LogP contribution in [0.15, 0.2) is 21.6 Å². The van der Waals surface area contributed by atoms with E-state index in [-0.39, 0.29) is 6.54 Å². The Kier molecular flexibility index (Phi) is 4.15. The highest BCUT2D eigenvalue weighted by Crippen LogP contribution is 2.15. The van der Waals surface area contributed by atoms with E-state index in [0.717, 1.165) is 12.1 Å². The van der Waals surface area contributed by atoms with Gasteiger partial charge in [0.05, 0.1) is 5.60 Å². The first-order chi connectivity index (χ1) is 8.18. The van der Waals surface area contributed by atoms with Crippen LogP contribution in [0.25, 0.3) is 0 Å². The molecular weight excluding hydrogens is 262 g/mol. The van der Waals surface area contributed by atoms with Crippen molar-refractivity contribution in [3.05, 3.63) is 17.9 Å². The van der Waals surface area contributed by atoms with Gasteiger partial charge in [-0.2, -0.15) is 0 Å². The summed E-state index contributed by atoms with van der Waals surface area (Å²) in [7, 11) is -3.96. The Hall–Kier alpha value is -1.38. The van der Waals surface area contributed by atoms with E-state index in [1.807, 2.05) is 0 Å². The molecule has 1 atom stereocenters. The monoisotopic (exact) mass is 277 g/mol. The van der Waals surface area contributed by atoms with Gasteiger partial charge in [-0.05, 0) is 25.5 Å². The lowest BCUT2D eigenvalue weighted by Gasteiger charge is -2.20. The van der Waals surface area contributed by atoms with Crippen LogP contribution >= 0.6 is 0 Å². The third-order valence-corrected chi connectivity index (χ3v) is 3.74. The van der Waals surface area contributed by atoms with E-state index in [1.165, 1.54) is 6.92 Å². The first kappa shape index (κ1) is 14.7. The van der Waals surface area contributed by atoms with Crippen LogP contribution in [0, 0.1) is 0 Å². The van der Waals surface area contributed by atoms with Crippen molar-refractivity contribution in [1.82, 2.24) is 4.72 Å². The maximum atomic E-state index is 11.7. The maximum absolute atomic E-state index is 11.7. The summed E-state index contributed by atoms with van der Waals surface area (Å²) < 4.78 is 30.3. The zero-order chi connectivity index (χ0) is 14.0. The van der Waals surface area contributed by atoms with Crippen LogP contribution in [-0.4, -0.2) is 36.7 Å². The normalized spacial score (nSPS) is 15.3. The second-order valence-electron chi connectivity index (χ2n) is 4.10. The lowest BCUT2D eigenvalue weighted by molar-refractivity contribution is 0.0609. The molecule has 1 aromatic heterocycles. The molecule has 7 nitrogen and oxygen atoms in total. The smallest absolute Gasteiger partial charge is 0.371 e. The van der Waals surface area contributed by atoms with E-state index < -0.39 is 32.4 Å². The predicted molar refractivity (Wildman–Crippen MR) is 61.8 cm³/mol. The summed E-state index contributed by atoms with van der Waals surface area (Å²) in [6.07, 6.45) is 0.369. The van der Waals surface area contributed by atoms with Crippen LogP contribution in [0.4, 0.5) is 0 Å². The third-order valence-electron chi connectivity index (χ3n) is 2.46. The minimum Gasteiger partial charge on any atom is -0.475 e. The number of hydrogen-bond acceptors (Lipinski definition) is 5. The van der Waals surface area contributed by atoms with Crippen molar-refractivity contribution >= 4 is 16.0 Å². The van der Waals surface area contributed by atoms with Crippen molar-refractivity contribution < 1.29 is 27.8 Å². The molecule has 0 aromatic carbocycles. The number of hydrogen-bond donors (Lipinski definition) is 3. The third kappa shape index (κ3) is 3.56. The molecule has 1 unspecified atom stereocenters. The summed E-state index contributed by atoms with van der Waals surface area (Å²) >= 11 is 0. The Morgan fingerprint density at radius 2 is 2.11 bits per heavy atom. The Labute approximate surface area is 104 Å². The summed E-state index contributed by atoms with van der Waals surface area (Å²) in [5, 5.41) is 17.8. The zero-order valence-corrected chi connectivity index (χ0v) is 10.8. The first-order valence-corrected chi connectivity index (χ1v) is 6.71. The molecule has 1 aromatic rings. The standard InChI is InChI=1S/C10H15NO6S/c1-3-10(2,14)6-11-18(15,16)8-5-4-7(17-8)9(12)13/h4-5,11,14H,3,6H2,1-2H3,(H,12,13). The molecule has 3 N–H and O–H groups in total. The lowest BCUT2D eigenvalue weighted by atomic mass is 10.1. The van der Waals surface area contributed by atoms with Crippen molar-refractivity contribution in [3.8, 4) is 0 Å². The second-order valence-corrected chi connectivity index (χ2v) is 5.80. The van der Waals surface area contributed by atoms with E-state index >= 15 is 0 Å². The average Bonchev–Trinajstić information content (AvgIpc) is 2.77. The van der Waals surface area contributed by atoms with Gasteiger partial charge in [-0.25, -0.2) is 17.9 Å². The fraction of sp³-hybridized carbons (Fsp3) is 0.500. The molecule has 1 rings (SSSR count). The molecule has 0 fully saturated rings. The largest absolute Gasteiger partial charge is 0.475 e. The van der Waals surface area contributed by atoms with Gasteiger partial charge in [0.2, 0.25) is 10.9 Å². The number of carboxylic acid groups (broad SMARTS) is 1. The van der Waals surface area contributed by atoms with E-state index in [2.05, 4.69) is 9.14 Å². The summed E-state index contributed by atoms with van der Waals surface area (Å²) in [4.78, 5) is 10.6. The molecule has 8 heteroatoms. The summed E-state index contributed by atoms with van der Waals surface area (Å²) in [5.74, 6) is -1.81. The van der Waals surface area contributed by atoms with Crippen molar-refractivity contribution in [2.24, 2.45) is 0 Å². The molecule has 0 saturated heterocycles. The van der Waals surface area contributed by atoms with Gasteiger partial charge in [0.15, 0.2) is 0 Å². The highest BCUT2D eigenvalue weighted by Gasteiger charge is 2.25. The zero-order valence-electron chi connectivity index (χ0n) is 10.0. The number of sulfonamides is 1. The number of rotatable bonds is 6. The van der Waals surface area contributed by atoms with E-state index in [9.17, 15) is 18.3 Å². The number of carbonyl (C=O) groups is 1. The Morgan fingerprint density at radius 1 is 1.50 bits per heavy atom. The summed E-state index contributed by atoms with van der Waals surface area (Å²) in [6.45, 7) is 3.01. The molecule has 1 heterocycles. The molecule has 0 aliphatic heterocycles. The first-order valence-electron chi connectivity index (χ1n) is 5.23.